The van der Waals surface area contributed by atoms with E-state index in [1.54, 1.807) is 24.1 Å². The van der Waals surface area contributed by atoms with Crippen molar-refractivity contribution in [2.24, 2.45) is 0 Å². The van der Waals surface area contributed by atoms with E-state index in [4.69, 9.17) is 4.74 Å². The van der Waals surface area contributed by atoms with Crippen LogP contribution in [0.15, 0.2) is 60.7 Å². The summed E-state index contributed by atoms with van der Waals surface area (Å²) < 4.78 is 5.33. The van der Waals surface area contributed by atoms with E-state index in [1.807, 2.05) is 45.0 Å². The molecule has 1 heterocycles. The van der Waals surface area contributed by atoms with E-state index < -0.39 is 11.6 Å². The molecule has 2 atom stereocenters. The minimum atomic E-state index is -0.667. The number of nitrogens with zero attached hydrogens (tertiary/aromatic N) is 1. The molecule has 4 rings (SSSR count). The molecule has 0 saturated heterocycles. The van der Waals surface area contributed by atoms with Crippen LogP contribution < -0.4 is 10.1 Å². The van der Waals surface area contributed by atoms with Gasteiger partial charge in [0.15, 0.2) is 0 Å². The summed E-state index contributed by atoms with van der Waals surface area (Å²) in [5.74, 6) is 0.349. The molecule has 0 bridgehead atoms. The second-order valence-electron chi connectivity index (χ2n) is 9.52. The molecule has 0 fully saturated rings. The second kappa shape index (κ2) is 8.30. The first-order valence-corrected chi connectivity index (χ1v) is 11.0. The Morgan fingerprint density at radius 2 is 1.81 bits per heavy atom. The van der Waals surface area contributed by atoms with Crippen molar-refractivity contribution in [3.05, 3.63) is 77.4 Å². The Balaban J connectivity index is 1.72. The predicted molar refractivity (Wildman–Crippen MR) is 127 cm³/mol. The number of carbonyl (C=O) groups excluding carboxylic acids is 2. The minimum Gasteiger partial charge on any atom is -0.497 e. The maximum Gasteiger partial charge on any atom is 0.255 e. The molecule has 166 valence electrons. The lowest BCUT2D eigenvalue weighted by Crippen LogP contribution is -2.47. The fourth-order valence-corrected chi connectivity index (χ4v) is 4.51. The van der Waals surface area contributed by atoms with Crippen LogP contribution in [0.25, 0.3) is 10.8 Å². The molecular formula is C27H30N2O3. The van der Waals surface area contributed by atoms with Crippen molar-refractivity contribution in [1.82, 2.24) is 10.2 Å². The number of benzene rings is 3. The summed E-state index contributed by atoms with van der Waals surface area (Å²) in [6, 6.07) is 19.2. The predicted octanol–water partition coefficient (Wildman–Crippen LogP) is 5.06. The standard InChI is InChI=1S/C27H30N2O3/c1-17(20-12-8-10-18-9-6-7-11-21(18)20)16-29-24(25(30)28-27(2,3)4)22-14-13-19(32-5)15-23(22)26(29)31/h6-15,17,24H,16H2,1-5H3,(H,28,30). The van der Waals surface area contributed by atoms with Crippen molar-refractivity contribution in [2.45, 2.75) is 45.2 Å². The van der Waals surface area contributed by atoms with Gasteiger partial charge in [-0.2, -0.15) is 0 Å². The van der Waals surface area contributed by atoms with Crippen LogP contribution in [0.3, 0.4) is 0 Å². The van der Waals surface area contributed by atoms with Gasteiger partial charge in [-0.1, -0.05) is 55.5 Å². The normalized spacial score (nSPS) is 16.7. The Bertz CT molecular complexity index is 1170. The van der Waals surface area contributed by atoms with Gasteiger partial charge in [0.25, 0.3) is 5.91 Å². The number of methoxy groups -OCH3 is 1. The van der Waals surface area contributed by atoms with Crippen molar-refractivity contribution >= 4 is 22.6 Å². The smallest absolute Gasteiger partial charge is 0.255 e. The first-order valence-electron chi connectivity index (χ1n) is 11.0. The number of ether oxygens (including phenoxy) is 1. The molecule has 1 N–H and O–H groups in total. The molecule has 0 radical (unpaired) electrons. The molecule has 0 saturated carbocycles. The lowest BCUT2D eigenvalue weighted by molar-refractivity contribution is -0.127. The molecule has 5 nitrogen and oxygen atoms in total. The zero-order chi connectivity index (χ0) is 23.0. The van der Waals surface area contributed by atoms with Gasteiger partial charge in [-0.25, -0.2) is 0 Å². The SMILES string of the molecule is COc1ccc2c(c1)C(=O)N(CC(C)c1cccc3ccccc13)C2C(=O)NC(C)(C)C. The first-order chi connectivity index (χ1) is 15.2. The lowest BCUT2D eigenvalue weighted by atomic mass is 9.94. The van der Waals surface area contributed by atoms with Crippen LogP contribution in [0, 0.1) is 0 Å². The zero-order valence-corrected chi connectivity index (χ0v) is 19.3. The third-order valence-corrected chi connectivity index (χ3v) is 5.93. The third-order valence-electron chi connectivity index (χ3n) is 5.93. The topological polar surface area (TPSA) is 58.6 Å². The third kappa shape index (κ3) is 4.07. The highest BCUT2D eigenvalue weighted by atomic mass is 16.5. The maximum absolute atomic E-state index is 13.5. The number of nitrogens with one attached hydrogen (secondary N) is 1. The van der Waals surface area contributed by atoms with Gasteiger partial charge in [-0.05, 0) is 60.7 Å². The molecule has 1 aliphatic rings. The van der Waals surface area contributed by atoms with Gasteiger partial charge >= 0.3 is 0 Å². The Hall–Kier alpha value is -3.34. The number of carbonyl (C=O) groups is 2. The van der Waals surface area contributed by atoms with Gasteiger partial charge in [0.05, 0.1) is 7.11 Å². The van der Waals surface area contributed by atoms with Crippen molar-refractivity contribution < 1.29 is 14.3 Å². The van der Waals surface area contributed by atoms with Crippen molar-refractivity contribution in [2.75, 3.05) is 13.7 Å². The van der Waals surface area contributed by atoms with Crippen LogP contribution in [-0.4, -0.2) is 35.9 Å². The molecule has 3 aromatic carbocycles. The average Bonchev–Trinajstić information content (AvgIpc) is 3.03. The summed E-state index contributed by atoms with van der Waals surface area (Å²) in [5, 5.41) is 5.40. The minimum absolute atomic E-state index is 0.0474. The molecule has 32 heavy (non-hydrogen) atoms. The van der Waals surface area contributed by atoms with Gasteiger partial charge < -0.3 is 15.0 Å². The Kier molecular flexibility index (Phi) is 5.68. The fraction of sp³-hybridized carbons (Fsp3) is 0.333. The summed E-state index contributed by atoms with van der Waals surface area (Å²) in [4.78, 5) is 28.5. The van der Waals surface area contributed by atoms with Gasteiger partial charge in [-0.3, -0.25) is 9.59 Å². The second-order valence-corrected chi connectivity index (χ2v) is 9.52. The van der Waals surface area contributed by atoms with Gasteiger partial charge in [-0.15, -0.1) is 0 Å². The van der Waals surface area contributed by atoms with E-state index in [0.29, 0.717) is 17.9 Å². The summed E-state index contributed by atoms with van der Waals surface area (Å²) in [5.41, 5.74) is 2.02. The van der Waals surface area contributed by atoms with Crippen molar-refractivity contribution in [1.29, 1.82) is 0 Å². The summed E-state index contributed by atoms with van der Waals surface area (Å²) in [6.07, 6.45) is 0. The Labute approximate surface area is 189 Å². The number of hydrogen-bond acceptors (Lipinski definition) is 3. The summed E-state index contributed by atoms with van der Waals surface area (Å²) >= 11 is 0. The quantitative estimate of drug-likeness (QED) is 0.615. The maximum atomic E-state index is 13.5. The molecule has 3 aromatic rings. The van der Waals surface area contributed by atoms with Crippen LogP contribution in [0.5, 0.6) is 5.75 Å². The monoisotopic (exact) mass is 430 g/mol. The zero-order valence-electron chi connectivity index (χ0n) is 19.3. The molecular weight excluding hydrogens is 400 g/mol. The summed E-state index contributed by atoms with van der Waals surface area (Å²) in [7, 11) is 1.57. The molecule has 2 unspecified atom stereocenters. The van der Waals surface area contributed by atoms with Crippen LogP contribution in [0.1, 0.15) is 61.1 Å². The average molecular weight is 431 g/mol. The van der Waals surface area contributed by atoms with Crippen molar-refractivity contribution in [3.8, 4) is 5.75 Å². The Morgan fingerprint density at radius 1 is 1.09 bits per heavy atom. The van der Waals surface area contributed by atoms with Crippen molar-refractivity contribution in [3.63, 3.8) is 0 Å². The van der Waals surface area contributed by atoms with Gasteiger partial charge in [0.2, 0.25) is 5.91 Å². The molecule has 0 aromatic heterocycles. The highest BCUT2D eigenvalue weighted by molar-refractivity contribution is 6.05. The number of hydrogen-bond donors (Lipinski definition) is 1. The van der Waals surface area contributed by atoms with E-state index in [9.17, 15) is 9.59 Å². The van der Waals surface area contributed by atoms with E-state index in [0.717, 1.165) is 5.56 Å². The van der Waals surface area contributed by atoms with E-state index >= 15 is 0 Å². The molecule has 0 aliphatic carbocycles. The van der Waals surface area contributed by atoms with Gasteiger partial charge in [0, 0.05) is 17.6 Å². The molecule has 5 heteroatoms. The first kappa shape index (κ1) is 21.9. The number of rotatable bonds is 5. The largest absolute Gasteiger partial charge is 0.497 e. The van der Waals surface area contributed by atoms with E-state index in [2.05, 4.69) is 36.5 Å². The Morgan fingerprint density at radius 3 is 2.53 bits per heavy atom. The fourth-order valence-electron chi connectivity index (χ4n) is 4.51. The number of amides is 2. The van der Waals surface area contributed by atoms with E-state index in [-0.39, 0.29) is 17.7 Å². The van der Waals surface area contributed by atoms with Crippen LogP contribution in [0.4, 0.5) is 0 Å². The molecule has 1 aliphatic heterocycles. The van der Waals surface area contributed by atoms with E-state index in [1.165, 1.54) is 16.3 Å². The molecule has 0 spiro atoms. The van der Waals surface area contributed by atoms with Crippen LogP contribution in [-0.2, 0) is 4.79 Å². The number of fused-ring (bicyclic) bond motifs is 2. The lowest BCUT2D eigenvalue weighted by Gasteiger charge is -2.30. The highest BCUT2D eigenvalue weighted by Crippen LogP contribution is 2.38. The highest BCUT2D eigenvalue weighted by Gasteiger charge is 2.42. The van der Waals surface area contributed by atoms with Crippen LogP contribution >= 0.6 is 0 Å². The molecule has 2 amide bonds. The van der Waals surface area contributed by atoms with Crippen LogP contribution in [0.2, 0.25) is 0 Å². The summed E-state index contributed by atoms with van der Waals surface area (Å²) in [6.45, 7) is 8.38. The van der Waals surface area contributed by atoms with Gasteiger partial charge in [0.1, 0.15) is 11.8 Å².